The minimum Gasteiger partial charge on any atom is -0.479 e. The largest absolute Gasteiger partial charge is 0.479 e. The number of carbonyl (C=O) groups is 1. The van der Waals surface area contributed by atoms with E-state index in [-0.39, 0.29) is 0 Å². The Hall–Kier alpha value is -0.660. The van der Waals surface area contributed by atoms with Gasteiger partial charge in [0.2, 0.25) is 10.0 Å². The third-order valence-electron chi connectivity index (χ3n) is 1.56. The third-order valence-corrected chi connectivity index (χ3v) is 3.72. The molecule has 0 saturated carbocycles. The summed E-state index contributed by atoms with van der Waals surface area (Å²) in [5.41, 5.74) is 0. The van der Waals surface area contributed by atoms with Crippen LogP contribution in [0.2, 0.25) is 0 Å². The van der Waals surface area contributed by atoms with E-state index in [4.69, 9.17) is 10.2 Å². The fourth-order valence-corrected chi connectivity index (χ4v) is 1.30. The molecule has 0 heterocycles. The summed E-state index contributed by atoms with van der Waals surface area (Å²) in [6.07, 6.45) is -1.72. The minimum absolute atomic E-state index is 0.519. The summed E-state index contributed by atoms with van der Waals surface area (Å²) < 4.78 is 23.7. The molecule has 0 aromatic carbocycles. The van der Waals surface area contributed by atoms with Gasteiger partial charge in [-0.2, -0.15) is 0 Å². The molecule has 3 N–H and O–H groups in total. The summed E-state index contributed by atoms with van der Waals surface area (Å²) in [5.74, 6) is -1.46. The Labute approximate surface area is 83.0 Å². The summed E-state index contributed by atoms with van der Waals surface area (Å²) in [4.78, 5) is 10.2. The van der Waals surface area contributed by atoms with E-state index in [0.29, 0.717) is 0 Å². The summed E-state index contributed by atoms with van der Waals surface area (Å²) in [6.45, 7) is 3.91. The van der Waals surface area contributed by atoms with E-state index >= 15 is 0 Å². The molecule has 0 spiro atoms. The zero-order chi connectivity index (χ0) is 11.6. The van der Waals surface area contributed by atoms with Crippen LogP contribution >= 0.6 is 0 Å². The zero-order valence-corrected chi connectivity index (χ0v) is 9.13. The van der Waals surface area contributed by atoms with E-state index in [1.54, 1.807) is 0 Å². The lowest BCUT2D eigenvalue weighted by Gasteiger charge is -2.20. The maximum atomic E-state index is 11.4. The SMILES string of the molecule is CC(C)(C)S(=O)(=O)NCC(O)C(=O)O. The van der Waals surface area contributed by atoms with E-state index in [9.17, 15) is 13.2 Å². The number of aliphatic carboxylic acids is 1. The first-order valence-corrected chi connectivity index (χ1v) is 5.46. The third kappa shape index (κ3) is 3.60. The van der Waals surface area contributed by atoms with Crippen LogP contribution in [-0.4, -0.2) is 42.0 Å². The van der Waals surface area contributed by atoms with Gasteiger partial charge in [0, 0.05) is 6.54 Å². The second-order valence-electron chi connectivity index (χ2n) is 3.82. The number of hydrogen-bond donors (Lipinski definition) is 3. The number of aliphatic hydroxyl groups is 1. The molecule has 0 saturated heterocycles. The van der Waals surface area contributed by atoms with Crippen LogP contribution < -0.4 is 4.72 Å². The second-order valence-corrected chi connectivity index (χ2v) is 6.34. The van der Waals surface area contributed by atoms with Crippen LogP contribution in [0.15, 0.2) is 0 Å². The van der Waals surface area contributed by atoms with Crippen LogP contribution in [-0.2, 0) is 14.8 Å². The van der Waals surface area contributed by atoms with Crippen molar-refractivity contribution >= 4 is 16.0 Å². The Balaban J connectivity index is 4.36. The lowest BCUT2D eigenvalue weighted by Crippen LogP contribution is -2.44. The number of hydrogen-bond acceptors (Lipinski definition) is 4. The van der Waals surface area contributed by atoms with Crippen molar-refractivity contribution in [1.82, 2.24) is 4.72 Å². The number of rotatable bonds is 4. The highest BCUT2D eigenvalue weighted by atomic mass is 32.2. The normalized spacial score (nSPS) is 15.1. The minimum atomic E-state index is -3.60. The molecular weight excluding hydrogens is 210 g/mol. The van der Waals surface area contributed by atoms with E-state index in [0.717, 1.165) is 0 Å². The molecule has 0 aromatic rings. The van der Waals surface area contributed by atoms with Crippen LogP contribution in [0, 0.1) is 0 Å². The predicted octanol–water partition coefficient (Wildman–Crippen LogP) is -0.850. The Morgan fingerprint density at radius 3 is 2.14 bits per heavy atom. The highest BCUT2D eigenvalue weighted by Gasteiger charge is 2.29. The van der Waals surface area contributed by atoms with Gasteiger partial charge in [0.05, 0.1) is 4.75 Å². The number of carboxylic acid groups (broad SMARTS) is 1. The van der Waals surface area contributed by atoms with Gasteiger partial charge in [-0.25, -0.2) is 17.9 Å². The first-order valence-electron chi connectivity index (χ1n) is 3.98. The molecule has 84 valence electrons. The molecule has 0 aliphatic rings. The first-order chi connectivity index (χ1) is 6.08. The molecule has 0 rings (SSSR count). The fraction of sp³-hybridized carbons (Fsp3) is 0.857. The number of sulfonamides is 1. The molecule has 0 bridgehead atoms. The van der Waals surface area contributed by atoms with Crippen LogP contribution in [0.1, 0.15) is 20.8 Å². The molecular formula is C7H15NO5S. The molecule has 0 aliphatic heterocycles. The smallest absolute Gasteiger partial charge is 0.333 e. The van der Waals surface area contributed by atoms with Gasteiger partial charge < -0.3 is 10.2 Å². The molecule has 0 fully saturated rings. The molecule has 0 aromatic heterocycles. The van der Waals surface area contributed by atoms with Crippen LogP contribution in [0.3, 0.4) is 0 Å². The van der Waals surface area contributed by atoms with Gasteiger partial charge in [0.25, 0.3) is 0 Å². The summed E-state index contributed by atoms with van der Waals surface area (Å²) in [5, 5.41) is 17.1. The highest BCUT2D eigenvalue weighted by molar-refractivity contribution is 7.90. The monoisotopic (exact) mass is 225 g/mol. The molecule has 0 radical (unpaired) electrons. The average molecular weight is 225 g/mol. The van der Waals surface area contributed by atoms with Gasteiger partial charge in [-0.05, 0) is 20.8 Å². The lowest BCUT2D eigenvalue weighted by molar-refractivity contribution is -0.146. The number of aliphatic hydroxyl groups excluding tert-OH is 1. The van der Waals surface area contributed by atoms with Crippen LogP contribution in [0.5, 0.6) is 0 Å². The summed E-state index contributed by atoms with van der Waals surface area (Å²) in [6, 6.07) is 0. The van der Waals surface area contributed by atoms with Gasteiger partial charge >= 0.3 is 5.97 Å². The maximum Gasteiger partial charge on any atom is 0.333 e. The van der Waals surface area contributed by atoms with Crippen molar-refractivity contribution in [2.24, 2.45) is 0 Å². The van der Waals surface area contributed by atoms with Crippen molar-refractivity contribution in [2.75, 3.05) is 6.54 Å². The van der Waals surface area contributed by atoms with E-state index in [1.807, 2.05) is 4.72 Å². The molecule has 14 heavy (non-hydrogen) atoms. The quantitative estimate of drug-likeness (QED) is 0.578. The van der Waals surface area contributed by atoms with Crippen LogP contribution in [0.25, 0.3) is 0 Å². The second kappa shape index (κ2) is 4.24. The topological polar surface area (TPSA) is 104 Å². The maximum absolute atomic E-state index is 11.4. The standard InChI is InChI=1S/C7H15NO5S/c1-7(2,3)14(12,13)8-4-5(9)6(10)11/h5,8-9H,4H2,1-3H3,(H,10,11). The molecule has 6 nitrogen and oxygen atoms in total. The van der Waals surface area contributed by atoms with Crippen molar-refractivity contribution < 1.29 is 23.4 Å². The van der Waals surface area contributed by atoms with E-state index in [1.165, 1.54) is 20.8 Å². The number of nitrogens with one attached hydrogen (secondary N) is 1. The Kier molecular flexibility index (Phi) is 4.04. The highest BCUT2D eigenvalue weighted by Crippen LogP contribution is 2.12. The van der Waals surface area contributed by atoms with Gasteiger partial charge in [-0.3, -0.25) is 0 Å². The molecule has 7 heteroatoms. The fourth-order valence-electron chi connectivity index (χ4n) is 0.492. The van der Waals surface area contributed by atoms with Gasteiger partial charge in [0.15, 0.2) is 6.10 Å². The van der Waals surface area contributed by atoms with Crippen molar-refractivity contribution in [2.45, 2.75) is 31.6 Å². The molecule has 0 aliphatic carbocycles. The lowest BCUT2D eigenvalue weighted by atomic mass is 10.3. The predicted molar refractivity (Wildman–Crippen MR) is 50.3 cm³/mol. The average Bonchev–Trinajstić information content (AvgIpc) is 1.97. The van der Waals surface area contributed by atoms with Crippen molar-refractivity contribution in [3.63, 3.8) is 0 Å². The summed E-state index contributed by atoms with van der Waals surface area (Å²) in [7, 11) is -3.60. The Morgan fingerprint density at radius 1 is 1.43 bits per heavy atom. The van der Waals surface area contributed by atoms with Crippen molar-refractivity contribution in [3.8, 4) is 0 Å². The Bertz CT molecular complexity index is 303. The van der Waals surface area contributed by atoms with Crippen molar-refractivity contribution in [3.05, 3.63) is 0 Å². The molecule has 0 amide bonds. The summed E-state index contributed by atoms with van der Waals surface area (Å²) >= 11 is 0. The Morgan fingerprint density at radius 2 is 1.86 bits per heavy atom. The number of carboxylic acids is 1. The van der Waals surface area contributed by atoms with E-state index < -0.39 is 33.4 Å². The molecule has 1 unspecified atom stereocenters. The van der Waals surface area contributed by atoms with Gasteiger partial charge in [-0.15, -0.1) is 0 Å². The van der Waals surface area contributed by atoms with Crippen molar-refractivity contribution in [1.29, 1.82) is 0 Å². The first kappa shape index (κ1) is 13.3. The van der Waals surface area contributed by atoms with Crippen LogP contribution in [0.4, 0.5) is 0 Å². The van der Waals surface area contributed by atoms with Gasteiger partial charge in [0.1, 0.15) is 0 Å². The van der Waals surface area contributed by atoms with E-state index in [2.05, 4.69) is 0 Å². The van der Waals surface area contributed by atoms with Gasteiger partial charge in [-0.1, -0.05) is 0 Å². The molecule has 1 atom stereocenters. The zero-order valence-electron chi connectivity index (χ0n) is 8.31.